The van der Waals surface area contributed by atoms with Gasteiger partial charge in [-0.2, -0.15) is 5.26 Å². The molecular formula is C13H19NO4. The number of carbonyl (C=O) groups is 1. The predicted molar refractivity (Wildman–Crippen MR) is 62.3 cm³/mol. The van der Waals surface area contributed by atoms with Crippen molar-refractivity contribution in [3.63, 3.8) is 0 Å². The highest BCUT2D eigenvalue weighted by molar-refractivity contribution is 5.75. The van der Waals surface area contributed by atoms with Crippen molar-refractivity contribution < 1.29 is 19.0 Å². The highest BCUT2D eigenvalue weighted by atomic mass is 16.7. The average molecular weight is 253 g/mol. The van der Waals surface area contributed by atoms with Crippen LogP contribution in [0.4, 0.5) is 0 Å². The van der Waals surface area contributed by atoms with E-state index >= 15 is 0 Å². The molecule has 5 nitrogen and oxygen atoms in total. The largest absolute Gasteiger partial charge is 0.465 e. The van der Waals surface area contributed by atoms with Crippen molar-refractivity contribution in [3.05, 3.63) is 0 Å². The van der Waals surface area contributed by atoms with E-state index in [4.69, 9.17) is 19.5 Å². The first-order valence-corrected chi connectivity index (χ1v) is 6.55. The second-order valence-corrected chi connectivity index (χ2v) is 4.80. The van der Waals surface area contributed by atoms with Gasteiger partial charge in [-0.3, -0.25) is 4.79 Å². The van der Waals surface area contributed by atoms with Crippen LogP contribution in [0.3, 0.4) is 0 Å². The fraction of sp³-hybridized carbons (Fsp3) is 0.846. The average Bonchev–Trinajstić information content (AvgIpc) is 2.82. The Labute approximate surface area is 107 Å². The van der Waals surface area contributed by atoms with Crippen LogP contribution < -0.4 is 0 Å². The molecule has 1 aliphatic carbocycles. The lowest BCUT2D eigenvalue weighted by atomic mass is 9.78. The molecule has 1 unspecified atom stereocenters. The molecule has 0 aromatic rings. The van der Waals surface area contributed by atoms with E-state index in [2.05, 4.69) is 6.07 Å². The molecule has 0 amide bonds. The molecule has 2 aliphatic rings. The molecule has 2 fully saturated rings. The standard InChI is InChI=1S/C13H19NO4/c1-2-16-12(15)11(9-14)10-3-5-13(6-4-10)17-7-8-18-13/h10-11H,2-8H2,1H3. The maximum Gasteiger partial charge on any atom is 0.323 e. The summed E-state index contributed by atoms with van der Waals surface area (Å²) in [6.07, 6.45) is 3.07. The number of esters is 1. The van der Waals surface area contributed by atoms with E-state index in [1.807, 2.05) is 0 Å². The van der Waals surface area contributed by atoms with Crippen LogP contribution in [-0.2, 0) is 19.0 Å². The van der Waals surface area contributed by atoms with E-state index < -0.39 is 17.7 Å². The number of carbonyl (C=O) groups excluding carboxylic acids is 1. The van der Waals surface area contributed by atoms with Crippen LogP contribution in [0, 0.1) is 23.2 Å². The fourth-order valence-electron chi connectivity index (χ4n) is 2.78. The molecule has 1 saturated carbocycles. The lowest BCUT2D eigenvalue weighted by Gasteiger charge is -2.36. The summed E-state index contributed by atoms with van der Waals surface area (Å²) in [5.41, 5.74) is 0. The summed E-state index contributed by atoms with van der Waals surface area (Å²) in [6, 6.07) is 2.08. The van der Waals surface area contributed by atoms with Gasteiger partial charge in [-0.1, -0.05) is 0 Å². The highest BCUT2D eigenvalue weighted by Crippen LogP contribution is 2.40. The molecule has 1 heterocycles. The second kappa shape index (κ2) is 5.68. The molecule has 0 radical (unpaired) electrons. The molecule has 2 rings (SSSR count). The monoisotopic (exact) mass is 253 g/mol. The third-order valence-electron chi connectivity index (χ3n) is 3.76. The number of rotatable bonds is 3. The first-order valence-electron chi connectivity index (χ1n) is 6.55. The van der Waals surface area contributed by atoms with Crippen molar-refractivity contribution in [1.82, 2.24) is 0 Å². The Morgan fingerprint density at radius 1 is 1.44 bits per heavy atom. The van der Waals surface area contributed by atoms with E-state index in [1.54, 1.807) is 6.92 Å². The molecule has 1 aliphatic heterocycles. The maximum absolute atomic E-state index is 11.7. The normalized spacial score (nSPS) is 24.7. The van der Waals surface area contributed by atoms with E-state index in [9.17, 15) is 4.79 Å². The van der Waals surface area contributed by atoms with Crippen molar-refractivity contribution in [2.75, 3.05) is 19.8 Å². The molecule has 1 atom stereocenters. The SMILES string of the molecule is CCOC(=O)C(C#N)C1CCC2(CC1)OCCO2. The van der Waals surface area contributed by atoms with Crippen molar-refractivity contribution in [2.45, 2.75) is 38.4 Å². The van der Waals surface area contributed by atoms with Crippen LogP contribution in [0.25, 0.3) is 0 Å². The van der Waals surface area contributed by atoms with Crippen LogP contribution in [0.15, 0.2) is 0 Å². The van der Waals surface area contributed by atoms with Gasteiger partial charge < -0.3 is 14.2 Å². The van der Waals surface area contributed by atoms with Gasteiger partial charge in [0.15, 0.2) is 5.79 Å². The first-order chi connectivity index (χ1) is 8.71. The number of hydrogen-bond acceptors (Lipinski definition) is 5. The minimum absolute atomic E-state index is 0.0625. The molecule has 0 bridgehead atoms. The Morgan fingerprint density at radius 2 is 2.06 bits per heavy atom. The van der Waals surface area contributed by atoms with Gasteiger partial charge in [-0.05, 0) is 25.7 Å². The highest BCUT2D eigenvalue weighted by Gasteiger charge is 2.43. The maximum atomic E-state index is 11.7. The Bertz CT molecular complexity index is 333. The van der Waals surface area contributed by atoms with Gasteiger partial charge in [0.25, 0.3) is 0 Å². The lowest BCUT2D eigenvalue weighted by molar-refractivity contribution is -0.186. The molecule has 1 spiro atoms. The zero-order valence-corrected chi connectivity index (χ0v) is 10.7. The van der Waals surface area contributed by atoms with Crippen LogP contribution in [0.2, 0.25) is 0 Å². The number of hydrogen-bond donors (Lipinski definition) is 0. The Balaban J connectivity index is 1.91. The summed E-state index contributed by atoms with van der Waals surface area (Å²) >= 11 is 0. The van der Waals surface area contributed by atoms with E-state index in [-0.39, 0.29) is 5.92 Å². The fourth-order valence-corrected chi connectivity index (χ4v) is 2.78. The molecule has 0 N–H and O–H groups in total. The van der Waals surface area contributed by atoms with Gasteiger partial charge in [-0.15, -0.1) is 0 Å². The van der Waals surface area contributed by atoms with E-state index in [1.165, 1.54) is 0 Å². The second-order valence-electron chi connectivity index (χ2n) is 4.80. The van der Waals surface area contributed by atoms with Gasteiger partial charge in [0, 0.05) is 12.8 Å². The molecule has 1 saturated heterocycles. The van der Waals surface area contributed by atoms with Crippen molar-refractivity contribution in [1.29, 1.82) is 5.26 Å². The minimum Gasteiger partial charge on any atom is -0.465 e. The van der Waals surface area contributed by atoms with Crippen LogP contribution in [0.1, 0.15) is 32.6 Å². The molecular weight excluding hydrogens is 234 g/mol. The molecule has 0 aromatic carbocycles. The summed E-state index contributed by atoms with van der Waals surface area (Å²) < 4.78 is 16.2. The van der Waals surface area contributed by atoms with E-state index in [0.29, 0.717) is 19.8 Å². The minimum atomic E-state index is -0.649. The molecule has 0 aromatic heterocycles. The van der Waals surface area contributed by atoms with Gasteiger partial charge in [-0.25, -0.2) is 0 Å². The van der Waals surface area contributed by atoms with Gasteiger partial charge in [0.1, 0.15) is 5.92 Å². The zero-order valence-electron chi connectivity index (χ0n) is 10.7. The molecule has 5 heteroatoms. The summed E-state index contributed by atoms with van der Waals surface area (Å²) in [6.45, 7) is 3.36. The number of nitriles is 1. The predicted octanol–water partition coefficient (Wildman–Crippen LogP) is 1.62. The topological polar surface area (TPSA) is 68.6 Å². The Morgan fingerprint density at radius 3 is 2.56 bits per heavy atom. The zero-order chi connectivity index (χ0) is 13.0. The first kappa shape index (κ1) is 13.3. The summed E-state index contributed by atoms with van der Waals surface area (Å²) in [5.74, 6) is -1.42. The summed E-state index contributed by atoms with van der Waals surface area (Å²) in [5, 5.41) is 9.12. The third-order valence-corrected chi connectivity index (χ3v) is 3.76. The Hall–Kier alpha value is -1.12. The van der Waals surface area contributed by atoms with Crippen LogP contribution >= 0.6 is 0 Å². The summed E-state index contributed by atoms with van der Waals surface area (Å²) in [4.78, 5) is 11.7. The van der Waals surface area contributed by atoms with Crippen molar-refractivity contribution >= 4 is 5.97 Å². The van der Waals surface area contributed by atoms with Crippen LogP contribution in [-0.4, -0.2) is 31.6 Å². The van der Waals surface area contributed by atoms with Gasteiger partial charge >= 0.3 is 5.97 Å². The van der Waals surface area contributed by atoms with Gasteiger partial charge in [0.05, 0.1) is 25.9 Å². The Kier molecular flexibility index (Phi) is 4.20. The van der Waals surface area contributed by atoms with Crippen LogP contribution in [0.5, 0.6) is 0 Å². The van der Waals surface area contributed by atoms with Crippen molar-refractivity contribution in [2.24, 2.45) is 11.8 Å². The number of nitrogens with zero attached hydrogens (tertiary/aromatic N) is 1. The molecule has 100 valence electrons. The van der Waals surface area contributed by atoms with Gasteiger partial charge in [0.2, 0.25) is 0 Å². The molecule has 18 heavy (non-hydrogen) atoms. The van der Waals surface area contributed by atoms with Crippen molar-refractivity contribution in [3.8, 4) is 6.07 Å². The lowest BCUT2D eigenvalue weighted by Crippen LogP contribution is -2.38. The third kappa shape index (κ3) is 2.65. The smallest absolute Gasteiger partial charge is 0.323 e. The quantitative estimate of drug-likeness (QED) is 0.715. The number of ether oxygens (including phenoxy) is 3. The van der Waals surface area contributed by atoms with E-state index in [0.717, 1.165) is 25.7 Å². The summed E-state index contributed by atoms with van der Waals surface area (Å²) in [7, 11) is 0.